The van der Waals surface area contributed by atoms with Gasteiger partial charge in [0.1, 0.15) is 5.52 Å². The second-order valence-electron chi connectivity index (χ2n) is 9.80. The normalized spacial score (nSPS) is 21.0. The highest BCUT2D eigenvalue weighted by molar-refractivity contribution is 6.00. The molecular formula is C27H27F2N3O4. The highest BCUT2D eigenvalue weighted by Crippen LogP contribution is 2.49. The minimum absolute atomic E-state index is 0.0805. The third-order valence-electron chi connectivity index (χ3n) is 7.87. The molecule has 7 nitrogen and oxygen atoms in total. The number of benzene rings is 2. The van der Waals surface area contributed by atoms with Crippen molar-refractivity contribution in [1.29, 1.82) is 0 Å². The maximum Gasteiger partial charge on any atom is 0.306 e. The summed E-state index contributed by atoms with van der Waals surface area (Å²) in [5.74, 6) is -2.06. The predicted octanol–water partition coefficient (Wildman–Crippen LogP) is 5.66. The van der Waals surface area contributed by atoms with Crippen LogP contribution in [-0.2, 0) is 9.53 Å². The van der Waals surface area contributed by atoms with Crippen LogP contribution in [0.3, 0.4) is 0 Å². The molecule has 0 radical (unpaired) electrons. The highest BCUT2D eigenvalue weighted by Gasteiger charge is 2.38. The first kappa shape index (κ1) is 23.0. The monoisotopic (exact) mass is 495 g/mol. The molecule has 2 aromatic carbocycles. The number of carboxylic acid groups (broad SMARTS) is 1. The van der Waals surface area contributed by atoms with E-state index in [0.717, 1.165) is 24.1 Å². The maximum absolute atomic E-state index is 16.2. The summed E-state index contributed by atoms with van der Waals surface area (Å²) in [5.41, 5.74) is 3.46. The molecule has 2 aromatic heterocycles. The molecule has 1 unspecified atom stereocenters. The van der Waals surface area contributed by atoms with Gasteiger partial charge in [-0.2, -0.15) is 5.10 Å². The fourth-order valence-electron chi connectivity index (χ4n) is 6.17. The third kappa shape index (κ3) is 3.56. The van der Waals surface area contributed by atoms with E-state index in [0.29, 0.717) is 60.0 Å². The number of fused-ring (bicyclic) bond motifs is 2. The number of ether oxygens (including phenoxy) is 2. The Morgan fingerprint density at radius 2 is 1.97 bits per heavy atom. The van der Waals surface area contributed by atoms with Gasteiger partial charge >= 0.3 is 5.97 Å². The van der Waals surface area contributed by atoms with Crippen molar-refractivity contribution in [3.8, 4) is 11.4 Å². The van der Waals surface area contributed by atoms with Gasteiger partial charge < -0.3 is 19.1 Å². The van der Waals surface area contributed by atoms with Crippen LogP contribution in [0, 0.1) is 17.6 Å². The summed E-state index contributed by atoms with van der Waals surface area (Å²) in [4.78, 5) is 11.8. The summed E-state index contributed by atoms with van der Waals surface area (Å²) in [6.45, 7) is 1.18. The number of aliphatic carboxylic acids is 1. The van der Waals surface area contributed by atoms with Gasteiger partial charge in [-0.3, -0.25) is 9.89 Å². The molecule has 9 heteroatoms. The lowest BCUT2D eigenvalue weighted by atomic mass is 9.86. The van der Waals surface area contributed by atoms with Gasteiger partial charge in [0, 0.05) is 47.4 Å². The van der Waals surface area contributed by atoms with Crippen molar-refractivity contribution < 1.29 is 28.2 Å². The highest BCUT2D eigenvalue weighted by atomic mass is 19.1. The van der Waals surface area contributed by atoms with Crippen molar-refractivity contribution >= 4 is 27.8 Å². The van der Waals surface area contributed by atoms with Gasteiger partial charge in [-0.05, 0) is 61.8 Å². The number of aromatic nitrogens is 3. The van der Waals surface area contributed by atoms with E-state index >= 15 is 4.39 Å². The molecule has 3 heterocycles. The van der Waals surface area contributed by atoms with E-state index in [1.807, 2.05) is 10.6 Å². The van der Waals surface area contributed by atoms with Crippen LogP contribution in [0.5, 0.6) is 5.75 Å². The van der Waals surface area contributed by atoms with Crippen molar-refractivity contribution in [3.63, 3.8) is 0 Å². The van der Waals surface area contributed by atoms with Gasteiger partial charge in [0.05, 0.1) is 24.7 Å². The average Bonchev–Trinajstić information content (AvgIpc) is 3.62. The first-order valence-corrected chi connectivity index (χ1v) is 12.3. The number of hydrogen-bond donors (Lipinski definition) is 2. The van der Waals surface area contributed by atoms with Crippen LogP contribution >= 0.6 is 0 Å². The minimum Gasteiger partial charge on any atom is -0.494 e. The maximum atomic E-state index is 16.2. The van der Waals surface area contributed by atoms with Gasteiger partial charge in [-0.25, -0.2) is 8.78 Å². The Balaban J connectivity index is 1.70. The Labute approximate surface area is 206 Å². The van der Waals surface area contributed by atoms with Gasteiger partial charge in [0.2, 0.25) is 0 Å². The fraction of sp³-hybridized carbons (Fsp3) is 0.407. The molecular weight excluding hydrogens is 468 g/mol. The third-order valence-corrected chi connectivity index (χ3v) is 7.87. The Hall–Kier alpha value is -3.46. The van der Waals surface area contributed by atoms with E-state index in [4.69, 9.17) is 9.47 Å². The van der Waals surface area contributed by atoms with Crippen LogP contribution in [-0.4, -0.2) is 46.2 Å². The molecule has 0 bridgehead atoms. The van der Waals surface area contributed by atoms with Crippen LogP contribution in [0.1, 0.15) is 55.2 Å². The largest absolute Gasteiger partial charge is 0.494 e. The van der Waals surface area contributed by atoms with E-state index in [1.165, 1.54) is 13.2 Å². The zero-order chi connectivity index (χ0) is 25.0. The summed E-state index contributed by atoms with van der Waals surface area (Å²) in [6.07, 6.45) is 4.79. The molecule has 4 aromatic rings. The van der Waals surface area contributed by atoms with E-state index in [2.05, 4.69) is 10.2 Å². The molecule has 2 N–H and O–H groups in total. The molecule has 6 rings (SSSR count). The number of carboxylic acids is 1. The number of nitrogens with one attached hydrogen (secondary N) is 1. The van der Waals surface area contributed by atoms with Gasteiger partial charge in [0.15, 0.2) is 17.4 Å². The number of H-pyrrole nitrogens is 1. The van der Waals surface area contributed by atoms with Crippen LogP contribution in [0.15, 0.2) is 30.5 Å². The van der Waals surface area contributed by atoms with Gasteiger partial charge in [-0.1, -0.05) is 0 Å². The van der Waals surface area contributed by atoms with Crippen LogP contribution in [0.2, 0.25) is 0 Å². The molecule has 1 saturated carbocycles. The second-order valence-corrected chi connectivity index (χ2v) is 9.80. The molecule has 0 spiro atoms. The van der Waals surface area contributed by atoms with Crippen molar-refractivity contribution in [1.82, 2.24) is 14.8 Å². The second kappa shape index (κ2) is 8.89. The summed E-state index contributed by atoms with van der Waals surface area (Å²) < 4.78 is 43.5. The van der Waals surface area contributed by atoms with E-state index < -0.39 is 23.5 Å². The molecule has 2 fully saturated rings. The van der Waals surface area contributed by atoms with Crippen LogP contribution in [0.4, 0.5) is 8.78 Å². The molecule has 1 aliphatic carbocycles. The molecule has 0 amide bonds. The van der Waals surface area contributed by atoms with Gasteiger partial charge in [-0.15, -0.1) is 0 Å². The summed E-state index contributed by atoms with van der Waals surface area (Å²) in [5, 5.41) is 17.6. The molecule has 1 saturated heterocycles. The van der Waals surface area contributed by atoms with Crippen LogP contribution in [0.25, 0.3) is 27.5 Å². The average molecular weight is 496 g/mol. The number of aromatic amines is 1. The molecule has 2 aliphatic rings. The number of methoxy groups -OCH3 is 1. The van der Waals surface area contributed by atoms with E-state index in [-0.39, 0.29) is 17.6 Å². The number of carbonyl (C=O) groups is 1. The van der Waals surface area contributed by atoms with Crippen molar-refractivity contribution in [2.45, 2.75) is 43.9 Å². The zero-order valence-electron chi connectivity index (χ0n) is 19.9. The van der Waals surface area contributed by atoms with Crippen LogP contribution < -0.4 is 4.74 Å². The smallest absolute Gasteiger partial charge is 0.306 e. The fourth-order valence-corrected chi connectivity index (χ4v) is 6.17. The zero-order valence-corrected chi connectivity index (χ0v) is 19.9. The van der Waals surface area contributed by atoms with E-state index in [9.17, 15) is 14.3 Å². The summed E-state index contributed by atoms with van der Waals surface area (Å²) in [7, 11) is 1.42. The quantitative estimate of drug-likeness (QED) is 0.373. The lowest BCUT2D eigenvalue weighted by molar-refractivity contribution is -0.141. The van der Waals surface area contributed by atoms with Crippen molar-refractivity contribution in [3.05, 3.63) is 53.4 Å². The summed E-state index contributed by atoms with van der Waals surface area (Å²) >= 11 is 0. The Kier molecular flexibility index (Phi) is 5.67. The first-order chi connectivity index (χ1) is 17.5. The first-order valence-electron chi connectivity index (χ1n) is 12.3. The molecule has 188 valence electrons. The SMILES string of the molecule is COc1cc(-n2c(C3CCOCC3)c([C@@H]3CCC(C(=O)O)C3)c3c(F)c4[nH]ncc4cc32)ccc1F. The topological polar surface area (TPSA) is 89.4 Å². The number of hydrogen-bond acceptors (Lipinski definition) is 4. The lowest BCUT2D eigenvalue weighted by Crippen LogP contribution is -2.19. The lowest BCUT2D eigenvalue weighted by Gasteiger charge is -2.27. The number of rotatable bonds is 5. The predicted molar refractivity (Wildman–Crippen MR) is 130 cm³/mol. The number of halogens is 2. The number of nitrogens with zero attached hydrogens (tertiary/aromatic N) is 2. The van der Waals surface area contributed by atoms with E-state index in [1.54, 1.807) is 18.3 Å². The molecule has 1 aliphatic heterocycles. The standard InChI is InChI=1S/C27H27F2N3O4/c1-35-21-12-18(4-5-19(21)28)32-20-11-17-13-30-31-25(17)24(29)23(20)22(15-2-3-16(10-15)27(33)34)26(32)14-6-8-36-9-7-14/h4-5,11-16H,2-3,6-10H2,1H3,(H,30,31)(H,33,34)/t15-,16?/m1/s1. The minimum atomic E-state index is -0.812. The molecule has 36 heavy (non-hydrogen) atoms. The Morgan fingerprint density at radius 1 is 1.17 bits per heavy atom. The molecule has 2 atom stereocenters. The van der Waals surface area contributed by atoms with Gasteiger partial charge in [0.25, 0.3) is 0 Å². The van der Waals surface area contributed by atoms with Crippen molar-refractivity contribution in [2.75, 3.05) is 20.3 Å². The Bertz CT molecular complexity index is 1470. The Morgan fingerprint density at radius 3 is 2.69 bits per heavy atom. The van der Waals surface area contributed by atoms with Crippen molar-refractivity contribution in [2.24, 2.45) is 5.92 Å². The summed E-state index contributed by atoms with van der Waals surface area (Å²) in [6, 6.07) is 6.57.